The number of anilines is 1. The number of methoxy groups -OCH3 is 2. The quantitative estimate of drug-likeness (QED) is 0.218. The number of aliphatic hydroxyl groups excluding tert-OH is 1. The lowest BCUT2D eigenvalue weighted by Gasteiger charge is -2.24. The van der Waals surface area contributed by atoms with Gasteiger partial charge in [-0.05, 0) is 36.8 Å². The maximum atomic E-state index is 13.8. The number of amides is 1. The summed E-state index contributed by atoms with van der Waals surface area (Å²) in [5, 5.41) is 12.1. The standard InChI is InChI=1S/C26H18Cl2N2O7S/c1-11-23(25(34)36-3)38-26(29-11)30-19(12-7-8-14(27)15(28)9-12)18(21(32)24(30)33)20(31)17-10-13-5-4-6-16(35-2)22(13)37-17/h4-10,19,32H,1-3H3. The summed E-state index contributed by atoms with van der Waals surface area (Å²) in [6.45, 7) is 1.59. The predicted molar refractivity (Wildman–Crippen MR) is 142 cm³/mol. The molecule has 3 heterocycles. The van der Waals surface area contributed by atoms with Gasteiger partial charge in [0, 0.05) is 5.39 Å². The highest BCUT2D eigenvalue weighted by Crippen LogP contribution is 2.45. The van der Waals surface area contributed by atoms with Gasteiger partial charge in [0.1, 0.15) is 4.88 Å². The minimum Gasteiger partial charge on any atom is -0.503 e. The number of Topliss-reactive ketones (excluding diaryl/α,β-unsaturated/α-hetero) is 1. The van der Waals surface area contributed by atoms with E-state index in [0.717, 1.165) is 16.2 Å². The molecule has 1 unspecified atom stereocenters. The van der Waals surface area contributed by atoms with Gasteiger partial charge < -0.3 is 19.0 Å². The molecule has 1 aliphatic rings. The third kappa shape index (κ3) is 4.10. The second kappa shape index (κ2) is 9.79. The highest BCUT2D eigenvalue weighted by molar-refractivity contribution is 7.17. The Hall–Kier alpha value is -3.86. The molecule has 5 rings (SSSR count). The molecule has 1 N–H and O–H groups in total. The number of aromatic nitrogens is 1. The first-order valence-corrected chi connectivity index (χ1v) is 12.6. The molecule has 0 bridgehead atoms. The van der Waals surface area contributed by atoms with Gasteiger partial charge in [-0.1, -0.05) is 52.7 Å². The Morgan fingerprint density at radius 2 is 1.89 bits per heavy atom. The van der Waals surface area contributed by atoms with Crippen LogP contribution in [0.5, 0.6) is 5.75 Å². The van der Waals surface area contributed by atoms with Gasteiger partial charge in [0.25, 0.3) is 5.91 Å². The van der Waals surface area contributed by atoms with Crippen molar-refractivity contribution in [3.05, 3.63) is 85.7 Å². The molecule has 0 aliphatic carbocycles. The van der Waals surface area contributed by atoms with E-state index < -0.39 is 29.5 Å². The van der Waals surface area contributed by atoms with E-state index in [2.05, 4.69) is 4.98 Å². The number of halogens is 2. The molecule has 1 aliphatic heterocycles. The molecule has 2 aromatic heterocycles. The zero-order valence-electron chi connectivity index (χ0n) is 20.1. The summed E-state index contributed by atoms with van der Waals surface area (Å²) >= 11 is 13.3. The van der Waals surface area contributed by atoms with Crippen LogP contribution in [0.15, 0.2) is 58.2 Å². The first-order chi connectivity index (χ1) is 18.2. The number of benzene rings is 2. The number of fused-ring (bicyclic) bond motifs is 1. The van der Waals surface area contributed by atoms with Crippen LogP contribution in [0.3, 0.4) is 0 Å². The molecule has 12 heteroatoms. The number of hydrogen-bond acceptors (Lipinski definition) is 9. The van der Waals surface area contributed by atoms with Crippen molar-refractivity contribution in [1.82, 2.24) is 4.98 Å². The summed E-state index contributed by atoms with van der Waals surface area (Å²) in [7, 11) is 2.70. The molecule has 0 fully saturated rings. The first-order valence-electron chi connectivity index (χ1n) is 11.0. The van der Waals surface area contributed by atoms with E-state index in [0.29, 0.717) is 28.0 Å². The largest absolute Gasteiger partial charge is 0.503 e. The molecule has 0 radical (unpaired) electrons. The molecule has 9 nitrogen and oxygen atoms in total. The zero-order valence-corrected chi connectivity index (χ0v) is 22.4. The Labute approximate surface area is 229 Å². The van der Waals surface area contributed by atoms with Crippen molar-refractivity contribution in [2.75, 3.05) is 19.1 Å². The number of furan rings is 1. The van der Waals surface area contributed by atoms with Crippen LogP contribution in [0.25, 0.3) is 11.0 Å². The van der Waals surface area contributed by atoms with Crippen molar-refractivity contribution >= 4 is 68.3 Å². The Bertz CT molecular complexity index is 1670. The molecule has 0 saturated carbocycles. The minimum atomic E-state index is -1.16. The van der Waals surface area contributed by atoms with Crippen LogP contribution in [0.1, 0.15) is 37.5 Å². The van der Waals surface area contributed by atoms with Crippen molar-refractivity contribution in [2.45, 2.75) is 13.0 Å². The molecule has 194 valence electrons. The number of aliphatic hydroxyl groups is 1. The molecule has 1 amide bonds. The normalized spacial score (nSPS) is 15.4. The second-order valence-electron chi connectivity index (χ2n) is 8.23. The lowest BCUT2D eigenvalue weighted by atomic mass is 9.95. The molecule has 4 aromatic rings. The van der Waals surface area contributed by atoms with Crippen LogP contribution in [0.4, 0.5) is 5.13 Å². The predicted octanol–water partition coefficient (Wildman–Crippen LogP) is 6.08. The SMILES string of the molecule is COC(=O)c1sc(N2C(=O)C(O)=C(C(=O)c3cc4cccc(OC)c4o3)C2c2ccc(Cl)c(Cl)c2)nc1C. The molecule has 1 atom stereocenters. The fourth-order valence-electron chi connectivity index (χ4n) is 4.24. The number of nitrogens with zero attached hydrogens (tertiary/aromatic N) is 2. The number of carbonyl (C=O) groups excluding carboxylic acids is 3. The average Bonchev–Trinajstić information content (AvgIpc) is 3.58. The van der Waals surface area contributed by atoms with Crippen LogP contribution >= 0.6 is 34.5 Å². The summed E-state index contributed by atoms with van der Waals surface area (Å²) in [6, 6.07) is 10.1. The number of carbonyl (C=O) groups is 3. The zero-order chi connectivity index (χ0) is 27.3. The van der Waals surface area contributed by atoms with Crippen molar-refractivity contribution in [3.8, 4) is 5.75 Å². The van der Waals surface area contributed by atoms with Crippen LogP contribution in [-0.4, -0.2) is 42.0 Å². The van der Waals surface area contributed by atoms with Gasteiger partial charge in [-0.15, -0.1) is 0 Å². The molecule has 0 spiro atoms. The maximum absolute atomic E-state index is 13.8. The smallest absolute Gasteiger partial charge is 0.350 e. The van der Waals surface area contributed by atoms with E-state index in [1.807, 2.05) is 0 Å². The van der Waals surface area contributed by atoms with E-state index in [-0.39, 0.29) is 31.4 Å². The lowest BCUT2D eigenvalue weighted by molar-refractivity contribution is -0.117. The summed E-state index contributed by atoms with van der Waals surface area (Å²) in [6.07, 6.45) is 0. The van der Waals surface area contributed by atoms with Crippen LogP contribution in [0, 0.1) is 6.92 Å². The molecule has 0 saturated heterocycles. The Morgan fingerprint density at radius 1 is 1.13 bits per heavy atom. The minimum absolute atomic E-state index is 0.0737. The Kier molecular flexibility index (Phi) is 6.64. The van der Waals surface area contributed by atoms with Crippen molar-refractivity contribution in [3.63, 3.8) is 0 Å². The maximum Gasteiger partial charge on any atom is 0.350 e. The summed E-state index contributed by atoms with van der Waals surface area (Å²) in [4.78, 5) is 45.1. The van der Waals surface area contributed by atoms with Gasteiger partial charge in [-0.2, -0.15) is 0 Å². The summed E-state index contributed by atoms with van der Waals surface area (Å²) in [5.74, 6) is -2.73. The van der Waals surface area contributed by atoms with Gasteiger partial charge in [0.05, 0.1) is 41.6 Å². The molecule has 38 heavy (non-hydrogen) atoms. The number of aryl methyl sites for hydroxylation is 1. The number of thiazole rings is 1. The Balaban J connectivity index is 1.68. The molecule has 2 aromatic carbocycles. The highest BCUT2D eigenvalue weighted by Gasteiger charge is 2.47. The number of esters is 1. The summed E-state index contributed by atoms with van der Waals surface area (Å²) < 4.78 is 15.9. The van der Waals surface area contributed by atoms with Gasteiger partial charge >= 0.3 is 5.97 Å². The third-order valence-electron chi connectivity index (χ3n) is 6.03. The first kappa shape index (κ1) is 25.8. The second-order valence-corrected chi connectivity index (χ2v) is 10.0. The van der Waals surface area contributed by atoms with E-state index in [1.54, 1.807) is 31.2 Å². The van der Waals surface area contributed by atoms with Crippen LogP contribution < -0.4 is 9.64 Å². The number of ketones is 1. The van der Waals surface area contributed by atoms with E-state index in [1.165, 1.54) is 32.4 Å². The fourth-order valence-corrected chi connectivity index (χ4v) is 5.56. The monoisotopic (exact) mass is 572 g/mol. The van der Waals surface area contributed by atoms with Gasteiger partial charge in [0.2, 0.25) is 5.78 Å². The van der Waals surface area contributed by atoms with E-state index in [4.69, 9.17) is 37.1 Å². The van der Waals surface area contributed by atoms with Gasteiger partial charge in [-0.3, -0.25) is 14.5 Å². The lowest BCUT2D eigenvalue weighted by Crippen LogP contribution is -2.31. The van der Waals surface area contributed by atoms with Crippen molar-refractivity contribution in [2.24, 2.45) is 0 Å². The van der Waals surface area contributed by atoms with Gasteiger partial charge in [0.15, 0.2) is 28.0 Å². The fraction of sp³-hybridized carbons (Fsp3) is 0.154. The summed E-state index contributed by atoms with van der Waals surface area (Å²) in [5.41, 5.74) is 0.783. The van der Waals surface area contributed by atoms with Gasteiger partial charge in [-0.25, -0.2) is 9.78 Å². The van der Waals surface area contributed by atoms with E-state index >= 15 is 0 Å². The third-order valence-corrected chi connectivity index (χ3v) is 7.90. The molecular formula is C26H18Cl2N2O7S. The number of rotatable bonds is 6. The van der Waals surface area contributed by atoms with Crippen molar-refractivity contribution in [1.29, 1.82) is 0 Å². The van der Waals surface area contributed by atoms with Crippen molar-refractivity contribution < 1.29 is 33.4 Å². The number of ether oxygens (including phenoxy) is 2. The van der Waals surface area contributed by atoms with Crippen LogP contribution in [-0.2, 0) is 9.53 Å². The Morgan fingerprint density at radius 3 is 2.58 bits per heavy atom. The average molecular weight is 573 g/mol. The molecular weight excluding hydrogens is 555 g/mol. The number of para-hydroxylation sites is 1. The number of hydrogen-bond donors (Lipinski definition) is 1. The highest BCUT2D eigenvalue weighted by atomic mass is 35.5. The topological polar surface area (TPSA) is 119 Å². The van der Waals surface area contributed by atoms with Crippen LogP contribution in [0.2, 0.25) is 10.0 Å². The van der Waals surface area contributed by atoms with E-state index in [9.17, 15) is 19.5 Å².